The van der Waals surface area contributed by atoms with Crippen LogP contribution in [0.3, 0.4) is 0 Å². The van der Waals surface area contributed by atoms with Crippen molar-refractivity contribution in [2.45, 2.75) is 32.1 Å². The molecule has 35 heavy (non-hydrogen) atoms. The molecule has 0 spiro atoms. The number of anilines is 3. The third-order valence-corrected chi connectivity index (χ3v) is 6.32. The van der Waals surface area contributed by atoms with E-state index in [2.05, 4.69) is 44.5 Å². The van der Waals surface area contributed by atoms with Crippen LogP contribution in [0.25, 0.3) is 16.9 Å². The summed E-state index contributed by atoms with van der Waals surface area (Å²) in [7, 11) is 0. The molecule has 4 aromatic rings. The summed E-state index contributed by atoms with van der Waals surface area (Å²) in [6.45, 7) is 2.89. The van der Waals surface area contributed by atoms with Gasteiger partial charge in [-0.05, 0) is 50.3 Å². The lowest BCUT2D eigenvalue weighted by atomic mass is 10.1. The minimum Gasteiger partial charge on any atom is -0.378 e. The Balaban J connectivity index is 1.27. The van der Waals surface area contributed by atoms with Crippen LogP contribution in [0.15, 0.2) is 54.9 Å². The molecule has 1 aromatic carbocycles. The fourth-order valence-electron chi connectivity index (χ4n) is 4.46. The Morgan fingerprint density at radius 1 is 1.06 bits per heavy atom. The van der Waals surface area contributed by atoms with E-state index in [1.165, 1.54) is 31.0 Å². The van der Waals surface area contributed by atoms with Gasteiger partial charge in [0.2, 0.25) is 11.8 Å². The van der Waals surface area contributed by atoms with E-state index < -0.39 is 4.92 Å². The first-order valence-electron chi connectivity index (χ1n) is 11.9. The summed E-state index contributed by atoms with van der Waals surface area (Å²) < 4.78 is 1.92. The van der Waals surface area contributed by atoms with Gasteiger partial charge in [-0.1, -0.05) is 12.1 Å². The SMILES string of the molecule is Nc1nc(CCCNc2nc(-c3ccc(N4CCCCC4)cc3)cc3nccn23)ccc1[N+](=O)[O-]. The van der Waals surface area contributed by atoms with E-state index in [0.717, 1.165) is 42.1 Å². The van der Waals surface area contributed by atoms with Crippen LogP contribution in [0, 0.1) is 10.1 Å². The van der Waals surface area contributed by atoms with Gasteiger partial charge < -0.3 is 16.0 Å². The molecule has 0 atom stereocenters. The molecular weight excluding hydrogens is 444 g/mol. The van der Waals surface area contributed by atoms with E-state index in [1.807, 2.05) is 16.7 Å². The summed E-state index contributed by atoms with van der Waals surface area (Å²) in [6.07, 6.45) is 8.86. The number of hydrogen-bond acceptors (Lipinski definition) is 8. The number of nitrogen functional groups attached to an aromatic ring is 1. The van der Waals surface area contributed by atoms with Crippen molar-refractivity contribution >= 4 is 28.8 Å². The highest BCUT2D eigenvalue weighted by atomic mass is 16.6. The van der Waals surface area contributed by atoms with E-state index in [-0.39, 0.29) is 11.5 Å². The van der Waals surface area contributed by atoms with Crippen molar-refractivity contribution in [3.8, 4) is 11.3 Å². The van der Waals surface area contributed by atoms with Crippen LogP contribution in [-0.2, 0) is 6.42 Å². The molecule has 1 saturated heterocycles. The second-order valence-electron chi connectivity index (χ2n) is 8.71. The number of pyridine rings is 1. The van der Waals surface area contributed by atoms with Crippen molar-refractivity contribution in [3.63, 3.8) is 0 Å². The maximum atomic E-state index is 10.9. The van der Waals surface area contributed by atoms with Crippen molar-refractivity contribution in [1.29, 1.82) is 0 Å². The molecule has 10 heteroatoms. The second-order valence-corrected chi connectivity index (χ2v) is 8.71. The van der Waals surface area contributed by atoms with Crippen LogP contribution >= 0.6 is 0 Å². The number of aromatic nitrogens is 4. The Labute approximate surface area is 203 Å². The molecule has 0 amide bonds. The zero-order chi connectivity index (χ0) is 24.2. The molecule has 0 unspecified atom stereocenters. The van der Waals surface area contributed by atoms with E-state index in [4.69, 9.17) is 10.7 Å². The Morgan fingerprint density at radius 3 is 2.60 bits per heavy atom. The van der Waals surface area contributed by atoms with Gasteiger partial charge in [-0.2, -0.15) is 0 Å². The molecule has 0 saturated carbocycles. The summed E-state index contributed by atoms with van der Waals surface area (Å²) in [5.41, 5.74) is 10.2. The average molecular weight is 473 g/mol. The number of imidazole rings is 1. The molecule has 1 aliphatic rings. The van der Waals surface area contributed by atoms with Gasteiger partial charge in [0.1, 0.15) is 5.65 Å². The maximum Gasteiger partial charge on any atom is 0.311 e. The number of nitro groups is 1. The van der Waals surface area contributed by atoms with Gasteiger partial charge >= 0.3 is 5.69 Å². The Bertz CT molecular complexity index is 1330. The number of piperidine rings is 1. The van der Waals surface area contributed by atoms with Gasteiger partial charge in [0, 0.05) is 61.1 Å². The molecule has 3 aromatic heterocycles. The fraction of sp³-hybridized carbons (Fsp3) is 0.320. The van der Waals surface area contributed by atoms with Gasteiger partial charge in [0.25, 0.3) is 0 Å². The highest BCUT2D eigenvalue weighted by molar-refractivity contribution is 5.68. The fourth-order valence-corrected chi connectivity index (χ4v) is 4.46. The van der Waals surface area contributed by atoms with E-state index in [9.17, 15) is 10.1 Å². The lowest BCUT2D eigenvalue weighted by Gasteiger charge is -2.28. The number of nitrogens with one attached hydrogen (secondary N) is 1. The largest absolute Gasteiger partial charge is 0.378 e. The standard InChI is InChI=1S/C25H28N8O2/c26-24-22(33(34)35)11-8-19(29-24)5-4-12-28-25-30-21(17-23-27-13-16-32(23)25)18-6-9-20(10-7-18)31-14-2-1-3-15-31/h6-11,13,16-17H,1-5,12,14-15H2,(H2,26,29)(H,28,30). The van der Waals surface area contributed by atoms with Gasteiger partial charge in [0.05, 0.1) is 10.6 Å². The molecule has 1 aliphatic heterocycles. The van der Waals surface area contributed by atoms with Crippen LogP contribution in [-0.4, -0.2) is 43.9 Å². The van der Waals surface area contributed by atoms with Gasteiger partial charge in [-0.3, -0.25) is 14.5 Å². The summed E-state index contributed by atoms with van der Waals surface area (Å²) in [4.78, 5) is 26.3. The lowest BCUT2D eigenvalue weighted by molar-refractivity contribution is -0.384. The van der Waals surface area contributed by atoms with E-state index in [0.29, 0.717) is 18.9 Å². The molecular formula is C25H28N8O2. The van der Waals surface area contributed by atoms with Gasteiger partial charge in [-0.25, -0.2) is 15.0 Å². The van der Waals surface area contributed by atoms with Crippen molar-refractivity contribution in [3.05, 3.63) is 70.7 Å². The average Bonchev–Trinajstić information content (AvgIpc) is 3.36. The van der Waals surface area contributed by atoms with Crippen molar-refractivity contribution < 1.29 is 4.92 Å². The maximum absolute atomic E-state index is 10.9. The van der Waals surface area contributed by atoms with Crippen molar-refractivity contribution in [1.82, 2.24) is 19.4 Å². The topological polar surface area (TPSA) is 128 Å². The van der Waals surface area contributed by atoms with Gasteiger partial charge in [-0.15, -0.1) is 0 Å². The molecule has 0 bridgehead atoms. The van der Waals surface area contributed by atoms with Crippen LogP contribution in [0.2, 0.25) is 0 Å². The number of hydrogen-bond donors (Lipinski definition) is 2. The number of benzene rings is 1. The molecule has 0 aliphatic carbocycles. The molecule has 5 rings (SSSR count). The van der Waals surface area contributed by atoms with E-state index in [1.54, 1.807) is 12.3 Å². The van der Waals surface area contributed by atoms with Crippen molar-refractivity contribution in [2.24, 2.45) is 0 Å². The van der Waals surface area contributed by atoms with Gasteiger partial charge in [0.15, 0.2) is 0 Å². The quantitative estimate of drug-likeness (QED) is 0.220. The predicted molar refractivity (Wildman–Crippen MR) is 137 cm³/mol. The molecule has 4 heterocycles. The van der Waals surface area contributed by atoms with Crippen molar-refractivity contribution in [2.75, 3.05) is 35.6 Å². The Morgan fingerprint density at radius 2 is 1.86 bits per heavy atom. The molecule has 180 valence electrons. The first-order chi connectivity index (χ1) is 17.1. The van der Waals surface area contributed by atoms with Crippen LogP contribution in [0.5, 0.6) is 0 Å². The summed E-state index contributed by atoms with van der Waals surface area (Å²) >= 11 is 0. The molecule has 3 N–H and O–H groups in total. The minimum absolute atomic E-state index is 0.0544. The third kappa shape index (κ3) is 5.01. The molecule has 10 nitrogen and oxygen atoms in total. The van der Waals surface area contributed by atoms with Crippen LogP contribution in [0.1, 0.15) is 31.4 Å². The monoisotopic (exact) mass is 472 g/mol. The zero-order valence-corrected chi connectivity index (χ0v) is 19.4. The third-order valence-electron chi connectivity index (χ3n) is 6.32. The first-order valence-corrected chi connectivity index (χ1v) is 11.9. The minimum atomic E-state index is -0.524. The summed E-state index contributed by atoms with van der Waals surface area (Å²) in [5, 5.41) is 14.3. The number of rotatable bonds is 8. The normalized spacial score (nSPS) is 13.8. The number of nitrogens with zero attached hydrogens (tertiary/aromatic N) is 6. The number of aryl methyl sites for hydroxylation is 1. The first kappa shape index (κ1) is 22.6. The highest BCUT2D eigenvalue weighted by Crippen LogP contribution is 2.26. The smallest absolute Gasteiger partial charge is 0.311 e. The zero-order valence-electron chi connectivity index (χ0n) is 19.4. The Kier molecular flexibility index (Phi) is 6.42. The number of fused-ring (bicyclic) bond motifs is 1. The van der Waals surface area contributed by atoms with E-state index >= 15 is 0 Å². The van der Waals surface area contributed by atoms with Crippen LogP contribution < -0.4 is 16.0 Å². The molecule has 0 radical (unpaired) electrons. The highest BCUT2D eigenvalue weighted by Gasteiger charge is 2.14. The lowest BCUT2D eigenvalue weighted by Crippen LogP contribution is -2.29. The predicted octanol–water partition coefficient (Wildman–Crippen LogP) is 4.32. The molecule has 1 fully saturated rings. The summed E-state index contributed by atoms with van der Waals surface area (Å²) in [5.74, 6) is 0.660. The second kappa shape index (κ2) is 9.96. The Hall–Kier alpha value is -4.21. The summed E-state index contributed by atoms with van der Waals surface area (Å²) in [6, 6.07) is 13.6. The van der Waals surface area contributed by atoms with Crippen LogP contribution in [0.4, 0.5) is 23.1 Å². The number of nitrogens with two attached hydrogens (primary N) is 1.